The summed E-state index contributed by atoms with van der Waals surface area (Å²) in [5.41, 5.74) is 2.78. The molecule has 0 atom stereocenters. The molecule has 0 saturated carbocycles. The molecule has 0 amide bonds. The molecule has 82 valence electrons. The summed E-state index contributed by atoms with van der Waals surface area (Å²) in [6.07, 6.45) is 2.23. The number of hydrazine groups is 2. The van der Waals surface area contributed by atoms with Crippen molar-refractivity contribution in [1.29, 1.82) is 0 Å². The van der Waals surface area contributed by atoms with Crippen LogP contribution in [-0.2, 0) is 4.74 Å². The molecular formula is C9H20N4O. The van der Waals surface area contributed by atoms with Crippen molar-refractivity contribution in [2.45, 2.75) is 18.4 Å². The molecule has 2 aliphatic rings. The summed E-state index contributed by atoms with van der Waals surface area (Å²) in [7, 11) is 2.16. The van der Waals surface area contributed by atoms with Crippen LogP contribution in [-0.4, -0.2) is 55.3 Å². The Bertz CT molecular complexity index is 191. The summed E-state index contributed by atoms with van der Waals surface area (Å²) >= 11 is 0. The maximum Gasteiger partial charge on any atom is 0.0848 e. The first kappa shape index (κ1) is 10.3. The smallest absolute Gasteiger partial charge is 0.0848 e. The quantitative estimate of drug-likeness (QED) is 0.427. The minimum Gasteiger partial charge on any atom is -0.372 e. The van der Waals surface area contributed by atoms with E-state index in [1.165, 1.54) is 0 Å². The molecule has 0 aromatic heterocycles. The van der Waals surface area contributed by atoms with Crippen molar-refractivity contribution in [3.63, 3.8) is 0 Å². The molecule has 2 saturated heterocycles. The van der Waals surface area contributed by atoms with Gasteiger partial charge < -0.3 is 9.64 Å². The summed E-state index contributed by atoms with van der Waals surface area (Å²) in [5.74, 6) is 5.43. The predicted molar refractivity (Wildman–Crippen MR) is 54.3 cm³/mol. The first-order chi connectivity index (χ1) is 6.74. The zero-order chi connectivity index (χ0) is 10.0. The molecule has 3 N–H and O–H groups in total. The molecule has 2 rings (SSSR count). The van der Waals surface area contributed by atoms with Gasteiger partial charge in [0.05, 0.1) is 12.2 Å². The lowest BCUT2D eigenvalue weighted by atomic mass is 9.90. The summed E-state index contributed by atoms with van der Waals surface area (Å²) in [6, 6.07) is 0. The van der Waals surface area contributed by atoms with E-state index in [2.05, 4.69) is 22.5 Å². The average Bonchev–Trinajstić information content (AvgIpc) is 2.23. The normalized spacial score (nSPS) is 29.6. The fraction of sp³-hybridized carbons (Fsp3) is 1.00. The van der Waals surface area contributed by atoms with Crippen molar-refractivity contribution in [3.05, 3.63) is 0 Å². The Morgan fingerprint density at radius 1 is 1.29 bits per heavy atom. The van der Waals surface area contributed by atoms with Gasteiger partial charge in [-0.15, -0.1) is 0 Å². The number of hydrogen-bond acceptors (Lipinski definition) is 5. The molecule has 1 spiro atoms. The van der Waals surface area contributed by atoms with Gasteiger partial charge in [0.2, 0.25) is 0 Å². The first-order valence-electron chi connectivity index (χ1n) is 5.28. The highest BCUT2D eigenvalue weighted by Crippen LogP contribution is 2.28. The molecule has 2 heterocycles. The van der Waals surface area contributed by atoms with Crippen molar-refractivity contribution < 1.29 is 4.74 Å². The fourth-order valence-corrected chi connectivity index (χ4v) is 2.28. The van der Waals surface area contributed by atoms with Crippen molar-refractivity contribution in [3.8, 4) is 0 Å². The van der Waals surface area contributed by atoms with Gasteiger partial charge >= 0.3 is 0 Å². The van der Waals surface area contributed by atoms with E-state index in [0.29, 0.717) is 0 Å². The van der Waals surface area contributed by atoms with Crippen LogP contribution in [0.4, 0.5) is 0 Å². The van der Waals surface area contributed by atoms with E-state index in [4.69, 9.17) is 10.6 Å². The second-order valence-electron chi connectivity index (χ2n) is 4.39. The molecular weight excluding hydrogens is 180 g/mol. The molecule has 0 aliphatic carbocycles. The average molecular weight is 200 g/mol. The molecule has 14 heavy (non-hydrogen) atoms. The number of rotatable bonds is 1. The number of likely N-dealkylation sites (tertiary alicyclic amines) is 1. The maximum absolute atomic E-state index is 5.92. The monoisotopic (exact) mass is 200 g/mol. The van der Waals surface area contributed by atoms with E-state index < -0.39 is 0 Å². The molecule has 0 aromatic rings. The number of ether oxygens (including phenoxy) is 1. The number of piperidine rings is 1. The van der Waals surface area contributed by atoms with Crippen LogP contribution in [0.1, 0.15) is 12.8 Å². The Hall–Kier alpha value is -0.200. The van der Waals surface area contributed by atoms with E-state index in [-0.39, 0.29) is 5.60 Å². The highest BCUT2D eigenvalue weighted by atomic mass is 16.5. The van der Waals surface area contributed by atoms with Crippen LogP contribution in [0.5, 0.6) is 0 Å². The van der Waals surface area contributed by atoms with Gasteiger partial charge in [-0.1, -0.05) is 0 Å². The van der Waals surface area contributed by atoms with E-state index >= 15 is 0 Å². The molecule has 0 unspecified atom stereocenters. The Morgan fingerprint density at radius 3 is 2.64 bits per heavy atom. The van der Waals surface area contributed by atoms with Crippen molar-refractivity contribution in [2.75, 3.05) is 39.8 Å². The van der Waals surface area contributed by atoms with Gasteiger partial charge in [0, 0.05) is 26.2 Å². The van der Waals surface area contributed by atoms with Gasteiger partial charge in [-0.3, -0.25) is 5.84 Å². The third-order valence-corrected chi connectivity index (χ3v) is 3.33. The zero-order valence-electron chi connectivity index (χ0n) is 8.83. The van der Waals surface area contributed by atoms with Crippen LogP contribution >= 0.6 is 0 Å². The molecule has 5 heteroatoms. The molecule has 2 aliphatic heterocycles. The summed E-state index contributed by atoms with van der Waals surface area (Å²) in [6.45, 7) is 4.83. The van der Waals surface area contributed by atoms with Crippen molar-refractivity contribution in [1.82, 2.24) is 15.4 Å². The third kappa shape index (κ3) is 2.07. The highest BCUT2D eigenvalue weighted by Gasteiger charge is 2.38. The summed E-state index contributed by atoms with van der Waals surface area (Å²) in [5, 5.41) is 2.05. The standard InChI is InChI=1S/C9H20N4O/c1-12-4-2-9(3-5-12)8-13(11-10)6-7-14-9/h11H,2-8,10H2,1H3. The Kier molecular flexibility index (Phi) is 3.04. The Morgan fingerprint density at radius 2 is 2.00 bits per heavy atom. The Balaban J connectivity index is 1.94. The Labute approximate surface area is 85.1 Å². The lowest BCUT2D eigenvalue weighted by Crippen LogP contribution is -2.60. The number of nitrogens with two attached hydrogens (primary N) is 1. The van der Waals surface area contributed by atoms with Crippen LogP contribution in [0.15, 0.2) is 0 Å². The molecule has 5 nitrogen and oxygen atoms in total. The van der Waals surface area contributed by atoms with E-state index in [0.717, 1.165) is 45.6 Å². The number of nitrogens with zero attached hydrogens (tertiary/aromatic N) is 2. The predicted octanol–water partition coefficient (Wildman–Crippen LogP) is -0.839. The number of morpholine rings is 1. The van der Waals surface area contributed by atoms with Crippen molar-refractivity contribution in [2.24, 2.45) is 5.84 Å². The van der Waals surface area contributed by atoms with Crippen LogP contribution in [0.3, 0.4) is 0 Å². The van der Waals surface area contributed by atoms with Gasteiger partial charge in [-0.25, -0.2) is 5.01 Å². The van der Waals surface area contributed by atoms with Crippen LogP contribution < -0.4 is 11.4 Å². The largest absolute Gasteiger partial charge is 0.372 e. The second-order valence-corrected chi connectivity index (χ2v) is 4.39. The van der Waals surface area contributed by atoms with E-state index in [1.807, 2.05) is 0 Å². The van der Waals surface area contributed by atoms with E-state index in [1.54, 1.807) is 0 Å². The summed E-state index contributed by atoms with van der Waals surface area (Å²) in [4.78, 5) is 2.35. The van der Waals surface area contributed by atoms with Crippen LogP contribution in [0.2, 0.25) is 0 Å². The molecule has 0 radical (unpaired) electrons. The number of nitrogens with one attached hydrogen (secondary N) is 1. The van der Waals surface area contributed by atoms with Crippen LogP contribution in [0.25, 0.3) is 0 Å². The molecule has 0 bridgehead atoms. The molecule has 0 aromatic carbocycles. The zero-order valence-corrected chi connectivity index (χ0v) is 8.83. The lowest BCUT2D eigenvalue weighted by molar-refractivity contribution is -0.144. The topological polar surface area (TPSA) is 53.8 Å². The van der Waals surface area contributed by atoms with E-state index in [9.17, 15) is 0 Å². The number of hydrogen-bond donors (Lipinski definition) is 2. The SMILES string of the molecule is CN1CCC2(CC1)CN(NN)CCO2. The van der Waals surface area contributed by atoms with Crippen LogP contribution in [0, 0.1) is 0 Å². The minimum atomic E-state index is 0.0527. The maximum atomic E-state index is 5.92. The van der Waals surface area contributed by atoms with Gasteiger partial charge in [-0.05, 0) is 19.9 Å². The summed E-state index contributed by atoms with van der Waals surface area (Å²) < 4.78 is 5.92. The highest BCUT2D eigenvalue weighted by molar-refractivity contribution is 4.91. The van der Waals surface area contributed by atoms with Gasteiger partial charge in [0.15, 0.2) is 0 Å². The van der Waals surface area contributed by atoms with Gasteiger partial charge in [0.1, 0.15) is 0 Å². The second kappa shape index (κ2) is 4.12. The van der Waals surface area contributed by atoms with Gasteiger partial charge in [-0.2, -0.15) is 5.53 Å². The van der Waals surface area contributed by atoms with Crippen molar-refractivity contribution >= 4 is 0 Å². The fourth-order valence-electron chi connectivity index (χ4n) is 2.28. The molecule has 2 fully saturated rings. The first-order valence-corrected chi connectivity index (χ1v) is 5.28. The third-order valence-electron chi connectivity index (χ3n) is 3.33. The lowest BCUT2D eigenvalue weighted by Gasteiger charge is -2.46. The minimum absolute atomic E-state index is 0.0527. The van der Waals surface area contributed by atoms with Gasteiger partial charge in [0.25, 0.3) is 0 Å².